The lowest BCUT2D eigenvalue weighted by atomic mass is 9.89. The van der Waals surface area contributed by atoms with Gasteiger partial charge in [0.2, 0.25) is 0 Å². The molecular formula is C15H20N2O. The van der Waals surface area contributed by atoms with Crippen LogP contribution in [0.2, 0.25) is 0 Å². The maximum Gasteiger partial charge on any atom is 0.0951 e. The van der Waals surface area contributed by atoms with Gasteiger partial charge < -0.3 is 9.67 Å². The first-order valence-corrected chi connectivity index (χ1v) is 6.22. The molecule has 3 heteroatoms. The third-order valence-electron chi connectivity index (χ3n) is 3.15. The van der Waals surface area contributed by atoms with Gasteiger partial charge in [-0.15, -0.1) is 0 Å². The van der Waals surface area contributed by atoms with Gasteiger partial charge in [-0.2, -0.15) is 0 Å². The van der Waals surface area contributed by atoms with E-state index in [1.54, 1.807) is 6.33 Å². The number of aliphatic hydroxyl groups excluding tert-OH is 1. The first-order chi connectivity index (χ1) is 8.48. The molecule has 96 valence electrons. The Labute approximate surface area is 108 Å². The molecule has 0 aliphatic heterocycles. The molecular weight excluding hydrogens is 224 g/mol. The van der Waals surface area contributed by atoms with E-state index in [9.17, 15) is 5.11 Å². The van der Waals surface area contributed by atoms with Crippen molar-refractivity contribution in [1.29, 1.82) is 0 Å². The molecule has 0 radical (unpaired) electrons. The van der Waals surface area contributed by atoms with Crippen LogP contribution in [0.4, 0.5) is 0 Å². The summed E-state index contributed by atoms with van der Waals surface area (Å²) in [5.74, 6) is 0. The van der Waals surface area contributed by atoms with Crippen molar-refractivity contribution in [3.05, 3.63) is 42.9 Å². The van der Waals surface area contributed by atoms with Crippen LogP contribution in [0.1, 0.15) is 20.8 Å². The van der Waals surface area contributed by atoms with Gasteiger partial charge >= 0.3 is 0 Å². The summed E-state index contributed by atoms with van der Waals surface area (Å²) in [6.07, 6.45) is 3.22. The summed E-state index contributed by atoms with van der Waals surface area (Å²) in [5.41, 5.74) is 2.04. The molecule has 0 bridgehead atoms. The van der Waals surface area contributed by atoms with Crippen LogP contribution in [0.15, 0.2) is 42.9 Å². The van der Waals surface area contributed by atoms with Crippen LogP contribution < -0.4 is 0 Å². The quantitative estimate of drug-likeness (QED) is 0.901. The second-order valence-corrected chi connectivity index (χ2v) is 5.68. The topological polar surface area (TPSA) is 38.0 Å². The molecule has 0 fully saturated rings. The van der Waals surface area contributed by atoms with E-state index in [4.69, 9.17) is 0 Å². The predicted molar refractivity (Wildman–Crippen MR) is 73.1 cm³/mol. The second kappa shape index (κ2) is 4.94. The zero-order valence-corrected chi connectivity index (χ0v) is 11.2. The standard InChI is InChI=1S/C15H20N2O/c1-15(2,3)14(18)10-17-11-16-9-13(17)12-7-5-4-6-8-12/h4-9,11,14,18H,10H2,1-3H3. The van der Waals surface area contributed by atoms with E-state index in [-0.39, 0.29) is 5.41 Å². The van der Waals surface area contributed by atoms with Crippen molar-refractivity contribution >= 4 is 0 Å². The highest BCUT2D eigenvalue weighted by atomic mass is 16.3. The fourth-order valence-corrected chi connectivity index (χ4v) is 1.78. The third kappa shape index (κ3) is 2.79. The molecule has 2 rings (SSSR count). The highest BCUT2D eigenvalue weighted by Crippen LogP contribution is 2.24. The van der Waals surface area contributed by atoms with Gasteiger partial charge in [0.15, 0.2) is 0 Å². The SMILES string of the molecule is CC(C)(C)C(O)Cn1cncc1-c1ccccc1. The minimum Gasteiger partial charge on any atom is -0.391 e. The first-order valence-electron chi connectivity index (χ1n) is 6.22. The van der Waals surface area contributed by atoms with Gasteiger partial charge in [-0.1, -0.05) is 51.1 Å². The average Bonchev–Trinajstić information content (AvgIpc) is 2.77. The molecule has 1 atom stereocenters. The molecule has 3 nitrogen and oxygen atoms in total. The minimum atomic E-state index is -0.394. The summed E-state index contributed by atoms with van der Waals surface area (Å²) < 4.78 is 2.01. The fourth-order valence-electron chi connectivity index (χ4n) is 1.78. The molecule has 1 aromatic carbocycles. The highest BCUT2D eigenvalue weighted by Gasteiger charge is 2.23. The zero-order valence-electron chi connectivity index (χ0n) is 11.2. The lowest BCUT2D eigenvalue weighted by molar-refractivity contribution is 0.0484. The number of aliphatic hydroxyl groups is 1. The summed E-state index contributed by atoms with van der Waals surface area (Å²) >= 11 is 0. The molecule has 0 saturated carbocycles. The number of rotatable bonds is 3. The van der Waals surface area contributed by atoms with Crippen molar-refractivity contribution in [3.63, 3.8) is 0 Å². The smallest absolute Gasteiger partial charge is 0.0951 e. The first kappa shape index (κ1) is 12.8. The lowest BCUT2D eigenvalue weighted by Gasteiger charge is -2.26. The lowest BCUT2D eigenvalue weighted by Crippen LogP contribution is -2.30. The van der Waals surface area contributed by atoms with Crippen molar-refractivity contribution in [2.45, 2.75) is 33.4 Å². The van der Waals surface area contributed by atoms with Crippen LogP contribution in [0.5, 0.6) is 0 Å². The van der Waals surface area contributed by atoms with Crippen molar-refractivity contribution in [1.82, 2.24) is 9.55 Å². The van der Waals surface area contributed by atoms with Crippen molar-refractivity contribution in [2.24, 2.45) is 5.41 Å². The number of aromatic nitrogens is 2. The fraction of sp³-hybridized carbons (Fsp3) is 0.400. The average molecular weight is 244 g/mol. The molecule has 0 saturated heterocycles. The van der Waals surface area contributed by atoms with E-state index in [0.29, 0.717) is 6.54 Å². The van der Waals surface area contributed by atoms with E-state index in [1.165, 1.54) is 0 Å². The van der Waals surface area contributed by atoms with Gasteiger partial charge in [0.05, 0.1) is 30.9 Å². The van der Waals surface area contributed by atoms with Gasteiger partial charge in [-0.05, 0) is 11.0 Å². The molecule has 1 aromatic heterocycles. The number of hydrogen-bond donors (Lipinski definition) is 1. The molecule has 1 N–H and O–H groups in total. The van der Waals surface area contributed by atoms with Gasteiger partial charge in [0.1, 0.15) is 0 Å². The maximum absolute atomic E-state index is 10.2. The number of nitrogens with zero attached hydrogens (tertiary/aromatic N) is 2. The number of hydrogen-bond acceptors (Lipinski definition) is 2. The van der Waals surface area contributed by atoms with Crippen molar-refractivity contribution in [3.8, 4) is 11.3 Å². The summed E-state index contributed by atoms with van der Waals surface area (Å²) in [6, 6.07) is 10.1. The number of imidazole rings is 1. The molecule has 2 aromatic rings. The van der Waals surface area contributed by atoms with Crippen LogP contribution in [-0.4, -0.2) is 20.8 Å². The van der Waals surface area contributed by atoms with Crippen LogP contribution in [0.3, 0.4) is 0 Å². The molecule has 1 heterocycles. The summed E-state index contributed by atoms with van der Waals surface area (Å²) in [5, 5.41) is 10.2. The Morgan fingerprint density at radius 1 is 1.22 bits per heavy atom. The Bertz CT molecular complexity index is 497. The van der Waals surface area contributed by atoms with E-state index < -0.39 is 6.10 Å². The van der Waals surface area contributed by atoms with Crippen LogP contribution in [0, 0.1) is 5.41 Å². The third-order valence-corrected chi connectivity index (χ3v) is 3.15. The largest absolute Gasteiger partial charge is 0.391 e. The van der Waals surface area contributed by atoms with Crippen LogP contribution in [0.25, 0.3) is 11.3 Å². The molecule has 1 unspecified atom stereocenters. The Morgan fingerprint density at radius 3 is 2.50 bits per heavy atom. The normalized spacial score (nSPS) is 13.6. The van der Waals surface area contributed by atoms with Crippen molar-refractivity contribution in [2.75, 3.05) is 0 Å². The number of benzene rings is 1. The molecule has 0 amide bonds. The summed E-state index contributed by atoms with van der Waals surface area (Å²) in [7, 11) is 0. The summed E-state index contributed by atoms with van der Waals surface area (Å²) in [6.45, 7) is 6.68. The zero-order chi connectivity index (χ0) is 13.2. The van der Waals surface area contributed by atoms with E-state index in [2.05, 4.69) is 17.1 Å². The monoisotopic (exact) mass is 244 g/mol. The van der Waals surface area contributed by atoms with E-state index in [1.807, 2.05) is 49.7 Å². The van der Waals surface area contributed by atoms with E-state index >= 15 is 0 Å². The highest BCUT2D eigenvalue weighted by molar-refractivity contribution is 5.58. The Balaban J connectivity index is 2.24. The predicted octanol–water partition coefficient (Wildman–Crippen LogP) is 2.96. The van der Waals surface area contributed by atoms with Gasteiger partial charge in [-0.25, -0.2) is 4.98 Å². The van der Waals surface area contributed by atoms with Gasteiger partial charge in [0, 0.05) is 0 Å². The van der Waals surface area contributed by atoms with Gasteiger partial charge in [-0.3, -0.25) is 0 Å². The molecule has 0 spiro atoms. The Kier molecular flexibility index (Phi) is 3.53. The second-order valence-electron chi connectivity index (χ2n) is 5.68. The van der Waals surface area contributed by atoms with Crippen LogP contribution in [-0.2, 0) is 6.54 Å². The Hall–Kier alpha value is -1.61. The summed E-state index contributed by atoms with van der Waals surface area (Å²) in [4.78, 5) is 4.19. The molecule has 0 aliphatic carbocycles. The molecule has 0 aliphatic rings. The van der Waals surface area contributed by atoms with Gasteiger partial charge in [0.25, 0.3) is 0 Å². The van der Waals surface area contributed by atoms with Crippen molar-refractivity contribution < 1.29 is 5.11 Å². The minimum absolute atomic E-state index is 0.127. The van der Waals surface area contributed by atoms with Crippen LogP contribution >= 0.6 is 0 Å². The Morgan fingerprint density at radius 2 is 1.89 bits per heavy atom. The molecule has 18 heavy (non-hydrogen) atoms. The maximum atomic E-state index is 10.2. The van der Waals surface area contributed by atoms with E-state index in [0.717, 1.165) is 11.3 Å².